The molecule has 2 nitrogen and oxygen atoms in total. The molecule has 0 amide bonds. The summed E-state index contributed by atoms with van der Waals surface area (Å²) in [6.45, 7) is 8.64. The zero-order valence-electron chi connectivity index (χ0n) is 14.9. The lowest BCUT2D eigenvalue weighted by molar-refractivity contribution is -0.892. The van der Waals surface area contributed by atoms with Gasteiger partial charge in [0.2, 0.25) is 0 Å². The van der Waals surface area contributed by atoms with Crippen LogP contribution in [0.4, 0.5) is 0 Å². The summed E-state index contributed by atoms with van der Waals surface area (Å²) in [5, 5.41) is 0. The van der Waals surface area contributed by atoms with Gasteiger partial charge in [-0.3, -0.25) is 0 Å². The van der Waals surface area contributed by atoms with Gasteiger partial charge in [-0.05, 0) is 18.4 Å². The van der Waals surface area contributed by atoms with Crippen LogP contribution in [0.15, 0.2) is 30.3 Å². The Morgan fingerprint density at radius 2 is 1.57 bits per heavy atom. The normalized spacial score (nSPS) is 18.0. The van der Waals surface area contributed by atoms with Gasteiger partial charge in [0.05, 0.1) is 19.6 Å². The van der Waals surface area contributed by atoms with E-state index in [2.05, 4.69) is 42.2 Å². The summed E-state index contributed by atoms with van der Waals surface area (Å²) in [6, 6.07) is 10.9. The second-order valence-electron chi connectivity index (χ2n) is 6.92. The highest BCUT2D eigenvalue weighted by molar-refractivity contribution is 5.14. The van der Waals surface area contributed by atoms with Gasteiger partial charge in [0.25, 0.3) is 0 Å². The van der Waals surface area contributed by atoms with Gasteiger partial charge < -0.3 is 17.3 Å². The Kier molecular flexibility index (Phi) is 11.4. The molecule has 1 unspecified atom stereocenters. The van der Waals surface area contributed by atoms with Crippen LogP contribution in [-0.2, 0) is 6.54 Å². The quantitative estimate of drug-likeness (QED) is 0.577. The van der Waals surface area contributed by atoms with Gasteiger partial charge in [-0.25, -0.2) is 4.90 Å². The lowest BCUT2D eigenvalue weighted by Crippen LogP contribution is -3.10. The van der Waals surface area contributed by atoms with Crippen LogP contribution >= 0.6 is 0 Å². The summed E-state index contributed by atoms with van der Waals surface area (Å²) in [4.78, 5) is 4.40. The van der Waals surface area contributed by atoms with Crippen LogP contribution in [-0.4, -0.2) is 31.2 Å². The minimum absolute atomic E-state index is 0. The predicted molar refractivity (Wildman–Crippen MR) is 95.0 cm³/mol. The predicted octanol–water partition coefficient (Wildman–Crippen LogP) is 0.489. The number of benzene rings is 1. The van der Waals surface area contributed by atoms with E-state index in [1.54, 1.807) is 4.90 Å². The Hall–Kier alpha value is -0.570. The van der Waals surface area contributed by atoms with Crippen molar-refractivity contribution in [1.29, 1.82) is 0 Å². The Labute approximate surface area is 149 Å². The SMILES string of the molecule is CCCCCCCCCC[NH+]1CCN(Cc2ccccc2)C1.[Cl-]. The molecule has 1 aliphatic heterocycles. The molecule has 1 aliphatic rings. The van der Waals surface area contributed by atoms with Crippen molar-refractivity contribution in [1.82, 2.24) is 4.90 Å². The molecule has 1 N–H and O–H groups in total. The summed E-state index contributed by atoms with van der Waals surface area (Å²) in [5.41, 5.74) is 1.45. The van der Waals surface area contributed by atoms with E-state index in [4.69, 9.17) is 0 Å². The van der Waals surface area contributed by atoms with Gasteiger partial charge in [0.1, 0.15) is 6.67 Å². The molecule has 0 radical (unpaired) electrons. The largest absolute Gasteiger partial charge is 1.00 e. The first-order valence-corrected chi connectivity index (χ1v) is 9.48. The van der Waals surface area contributed by atoms with Crippen molar-refractivity contribution in [2.24, 2.45) is 0 Å². The number of halogens is 1. The maximum Gasteiger partial charge on any atom is 0.134 e. The topological polar surface area (TPSA) is 7.68 Å². The fourth-order valence-electron chi connectivity index (χ4n) is 3.48. The molecular formula is C20H35ClN2. The van der Waals surface area contributed by atoms with E-state index in [1.165, 1.54) is 83.2 Å². The van der Waals surface area contributed by atoms with E-state index in [0.29, 0.717) is 0 Å². The zero-order chi connectivity index (χ0) is 15.5. The molecule has 1 atom stereocenters. The van der Waals surface area contributed by atoms with Crippen LogP contribution in [0.5, 0.6) is 0 Å². The summed E-state index contributed by atoms with van der Waals surface area (Å²) in [5.74, 6) is 0. The number of nitrogens with zero attached hydrogens (tertiary/aromatic N) is 1. The Morgan fingerprint density at radius 1 is 0.913 bits per heavy atom. The summed E-state index contributed by atoms with van der Waals surface area (Å²) in [7, 11) is 0. The summed E-state index contributed by atoms with van der Waals surface area (Å²) < 4.78 is 0. The van der Waals surface area contributed by atoms with Crippen LogP contribution in [0.2, 0.25) is 0 Å². The fraction of sp³-hybridized carbons (Fsp3) is 0.700. The third-order valence-electron chi connectivity index (χ3n) is 4.86. The highest BCUT2D eigenvalue weighted by atomic mass is 35.5. The maximum absolute atomic E-state index is 2.61. The van der Waals surface area contributed by atoms with E-state index in [1.807, 2.05) is 0 Å². The lowest BCUT2D eigenvalue weighted by Gasteiger charge is -2.15. The van der Waals surface area contributed by atoms with E-state index >= 15 is 0 Å². The molecular weight excluding hydrogens is 304 g/mol. The van der Waals surface area contributed by atoms with Gasteiger partial charge >= 0.3 is 0 Å². The van der Waals surface area contributed by atoms with E-state index < -0.39 is 0 Å². The van der Waals surface area contributed by atoms with E-state index in [0.717, 1.165) is 6.54 Å². The molecule has 1 aromatic carbocycles. The van der Waals surface area contributed by atoms with Gasteiger partial charge in [0.15, 0.2) is 0 Å². The van der Waals surface area contributed by atoms with Crippen molar-refractivity contribution in [3.8, 4) is 0 Å². The standard InChI is InChI=1S/C20H34N2.ClH/c1-2-3-4-5-6-7-8-12-15-21-16-17-22(19-21)18-20-13-10-9-11-14-20;/h9-11,13-14H,2-8,12,15-19H2,1H3;1H. The number of nitrogens with one attached hydrogen (secondary N) is 1. The van der Waals surface area contributed by atoms with Gasteiger partial charge in [-0.2, -0.15) is 0 Å². The Balaban J connectivity index is 0.00000264. The molecule has 132 valence electrons. The van der Waals surface area contributed by atoms with Crippen LogP contribution in [0, 0.1) is 0 Å². The zero-order valence-corrected chi connectivity index (χ0v) is 15.7. The number of hydrogen-bond donors (Lipinski definition) is 1. The van der Waals surface area contributed by atoms with Gasteiger partial charge in [-0.1, -0.05) is 75.8 Å². The van der Waals surface area contributed by atoms with Gasteiger partial charge in [0, 0.05) is 6.54 Å². The van der Waals surface area contributed by atoms with Crippen LogP contribution < -0.4 is 17.3 Å². The summed E-state index contributed by atoms with van der Waals surface area (Å²) in [6.07, 6.45) is 11.4. The average molecular weight is 339 g/mol. The molecule has 1 aromatic rings. The summed E-state index contributed by atoms with van der Waals surface area (Å²) >= 11 is 0. The molecule has 23 heavy (non-hydrogen) atoms. The molecule has 1 fully saturated rings. The molecule has 0 bridgehead atoms. The molecule has 1 heterocycles. The van der Waals surface area contributed by atoms with Crippen molar-refractivity contribution in [2.45, 2.75) is 64.8 Å². The number of rotatable bonds is 11. The lowest BCUT2D eigenvalue weighted by atomic mass is 10.1. The highest BCUT2D eigenvalue weighted by Gasteiger charge is 2.22. The van der Waals surface area contributed by atoms with Crippen molar-refractivity contribution in [2.75, 3.05) is 26.3 Å². The van der Waals surface area contributed by atoms with Crippen molar-refractivity contribution >= 4 is 0 Å². The molecule has 0 spiro atoms. The molecule has 0 aromatic heterocycles. The number of quaternary nitrogens is 1. The third kappa shape index (κ3) is 8.74. The fourth-order valence-corrected chi connectivity index (χ4v) is 3.48. The second-order valence-corrected chi connectivity index (χ2v) is 6.92. The van der Waals surface area contributed by atoms with Crippen LogP contribution in [0.3, 0.4) is 0 Å². The molecule has 0 aliphatic carbocycles. The minimum atomic E-state index is 0. The minimum Gasteiger partial charge on any atom is -1.00 e. The first-order valence-electron chi connectivity index (χ1n) is 9.48. The molecule has 0 saturated carbocycles. The van der Waals surface area contributed by atoms with E-state index in [-0.39, 0.29) is 12.4 Å². The Morgan fingerprint density at radius 3 is 2.26 bits per heavy atom. The van der Waals surface area contributed by atoms with Crippen LogP contribution in [0.1, 0.15) is 63.9 Å². The molecule has 2 rings (SSSR count). The number of unbranched alkanes of at least 4 members (excludes halogenated alkanes) is 7. The smallest absolute Gasteiger partial charge is 0.134 e. The third-order valence-corrected chi connectivity index (χ3v) is 4.86. The monoisotopic (exact) mass is 338 g/mol. The highest BCUT2D eigenvalue weighted by Crippen LogP contribution is 2.08. The Bertz CT molecular complexity index is 382. The maximum atomic E-state index is 2.61. The average Bonchev–Trinajstić information content (AvgIpc) is 2.98. The van der Waals surface area contributed by atoms with Crippen LogP contribution in [0.25, 0.3) is 0 Å². The van der Waals surface area contributed by atoms with Gasteiger partial charge in [-0.15, -0.1) is 0 Å². The second kappa shape index (κ2) is 12.8. The van der Waals surface area contributed by atoms with Crippen molar-refractivity contribution in [3.63, 3.8) is 0 Å². The number of hydrogen-bond acceptors (Lipinski definition) is 1. The first-order chi connectivity index (χ1) is 10.9. The first kappa shape index (κ1) is 20.5. The van der Waals surface area contributed by atoms with Crippen molar-refractivity contribution in [3.05, 3.63) is 35.9 Å². The van der Waals surface area contributed by atoms with E-state index in [9.17, 15) is 0 Å². The molecule has 1 saturated heterocycles. The van der Waals surface area contributed by atoms with Crippen molar-refractivity contribution < 1.29 is 17.3 Å². The molecule has 3 heteroatoms.